The molecular formula is C13H19Cl2NO3S. The standard InChI is InChI=1S/C13H19Cl2NO3S/c1-3-9(4-2)13(17)8-16-20(18,19)12-6-10(14)5-11(15)7-12/h5-7,9,13,16-17H,3-4,8H2,1-2H3. The first-order chi connectivity index (χ1) is 9.30. The highest BCUT2D eigenvalue weighted by molar-refractivity contribution is 7.89. The fourth-order valence-corrected chi connectivity index (χ4v) is 3.74. The monoisotopic (exact) mass is 339 g/mol. The van der Waals surface area contributed by atoms with Gasteiger partial charge in [0.05, 0.1) is 11.0 Å². The van der Waals surface area contributed by atoms with E-state index in [1.165, 1.54) is 18.2 Å². The summed E-state index contributed by atoms with van der Waals surface area (Å²) in [5, 5.41) is 10.4. The minimum atomic E-state index is -3.73. The third-order valence-corrected chi connectivity index (χ3v) is 5.06. The Hall–Kier alpha value is -0.330. The van der Waals surface area contributed by atoms with Gasteiger partial charge in [-0.15, -0.1) is 0 Å². The average molecular weight is 340 g/mol. The van der Waals surface area contributed by atoms with E-state index in [4.69, 9.17) is 23.2 Å². The van der Waals surface area contributed by atoms with E-state index in [2.05, 4.69) is 4.72 Å². The molecule has 1 aromatic carbocycles. The molecule has 0 saturated carbocycles. The first kappa shape index (κ1) is 17.7. The molecule has 0 aliphatic heterocycles. The molecule has 4 nitrogen and oxygen atoms in total. The number of rotatable bonds is 7. The molecule has 0 aliphatic rings. The summed E-state index contributed by atoms with van der Waals surface area (Å²) in [6.45, 7) is 3.89. The molecule has 0 aromatic heterocycles. The van der Waals surface area contributed by atoms with Crippen LogP contribution >= 0.6 is 23.2 Å². The number of halogens is 2. The molecule has 2 N–H and O–H groups in total. The van der Waals surface area contributed by atoms with Crippen molar-refractivity contribution in [2.75, 3.05) is 6.54 Å². The minimum absolute atomic E-state index is 0.00764. The molecule has 0 bridgehead atoms. The maximum absolute atomic E-state index is 12.1. The molecule has 1 aromatic rings. The molecule has 0 spiro atoms. The van der Waals surface area contributed by atoms with Crippen LogP contribution in [-0.4, -0.2) is 26.2 Å². The Labute approximate surface area is 130 Å². The van der Waals surface area contributed by atoms with Gasteiger partial charge in [0.1, 0.15) is 0 Å². The van der Waals surface area contributed by atoms with E-state index in [-0.39, 0.29) is 27.4 Å². The van der Waals surface area contributed by atoms with Crippen LogP contribution in [-0.2, 0) is 10.0 Å². The third-order valence-electron chi connectivity index (χ3n) is 3.22. The van der Waals surface area contributed by atoms with Crippen LogP contribution in [0.2, 0.25) is 10.0 Å². The fourth-order valence-electron chi connectivity index (χ4n) is 1.96. The number of nitrogens with one attached hydrogen (secondary N) is 1. The second kappa shape index (κ2) is 7.61. The predicted octanol–water partition coefficient (Wildman–Crippen LogP) is 3.07. The summed E-state index contributed by atoms with van der Waals surface area (Å²) in [7, 11) is -3.73. The Bertz CT molecular complexity index is 524. The number of sulfonamides is 1. The topological polar surface area (TPSA) is 66.4 Å². The Morgan fingerprint density at radius 2 is 1.65 bits per heavy atom. The average Bonchev–Trinajstić information content (AvgIpc) is 2.37. The Morgan fingerprint density at radius 3 is 2.10 bits per heavy atom. The minimum Gasteiger partial charge on any atom is -0.391 e. The van der Waals surface area contributed by atoms with E-state index in [1.807, 2.05) is 13.8 Å². The second-order valence-corrected chi connectivity index (χ2v) is 7.24. The molecular weight excluding hydrogens is 321 g/mol. The molecule has 0 heterocycles. The quantitative estimate of drug-likeness (QED) is 0.802. The number of benzene rings is 1. The molecule has 0 radical (unpaired) electrons. The summed E-state index contributed by atoms with van der Waals surface area (Å²) in [5.41, 5.74) is 0. The van der Waals surface area contributed by atoms with Crippen LogP contribution in [0.3, 0.4) is 0 Å². The highest BCUT2D eigenvalue weighted by Crippen LogP contribution is 2.22. The molecule has 1 unspecified atom stereocenters. The molecule has 0 fully saturated rings. The number of hydrogen-bond donors (Lipinski definition) is 2. The molecule has 0 amide bonds. The molecule has 1 atom stereocenters. The second-order valence-electron chi connectivity index (χ2n) is 4.60. The van der Waals surface area contributed by atoms with E-state index < -0.39 is 16.1 Å². The number of aliphatic hydroxyl groups is 1. The van der Waals surface area contributed by atoms with Crippen molar-refractivity contribution < 1.29 is 13.5 Å². The predicted molar refractivity (Wildman–Crippen MR) is 81.7 cm³/mol. The molecule has 20 heavy (non-hydrogen) atoms. The SMILES string of the molecule is CCC(CC)C(O)CNS(=O)(=O)c1cc(Cl)cc(Cl)c1. The van der Waals surface area contributed by atoms with Gasteiger partial charge in [-0.2, -0.15) is 0 Å². The van der Waals surface area contributed by atoms with Crippen molar-refractivity contribution in [2.45, 2.75) is 37.7 Å². The fraction of sp³-hybridized carbons (Fsp3) is 0.538. The summed E-state index contributed by atoms with van der Waals surface area (Å²) in [5.74, 6) is 0.0700. The van der Waals surface area contributed by atoms with Gasteiger partial charge in [-0.3, -0.25) is 0 Å². The number of hydrogen-bond acceptors (Lipinski definition) is 3. The molecule has 114 valence electrons. The largest absolute Gasteiger partial charge is 0.391 e. The Balaban J connectivity index is 2.80. The summed E-state index contributed by atoms with van der Waals surface area (Å²) in [6, 6.07) is 4.10. The molecule has 0 aliphatic carbocycles. The van der Waals surface area contributed by atoms with E-state index in [0.717, 1.165) is 12.8 Å². The lowest BCUT2D eigenvalue weighted by molar-refractivity contribution is 0.107. The van der Waals surface area contributed by atoms with Gasteiger partial charge in [0.15, 0.2) is 0 Å². The van der Waals surface area contributed by atoms with Crippen molar-refractivity contribution in [2.24, 2.45) is 5.92 Å². The highest BCUT2D eigenvalue weighted by Gasteiger charge is 2.20. The van der Waals surface area contributed by atoms with Gasteiger partial charge in [0, 0.05) is 16.6 Å². The Morgan fingerprint density at radius 1 is 1.15 bits per heavy atom. The molecule has 7 heteroatoms. The van der Waals surface area contributed by atoms with Gasteiger partial charge >= 0.3 is 0 Å². The Kier molecular flexibility index (Phi) is 6.75. The van der Waals surface area contributed by atoms with Crippen molar-refractivity contribution in [1.29, 1.82) is 0 Å². The zero-order chi connectivity index (χ0) is 15.3. The van der Waals surface area contributed by atoms with Crippen LogP contribution in [0.5, 0.6) is 0 Å². The van der Waals surface area contributed by atoms with Crippen molar-refractivity contribution in [3.05, 3.63) is 28.2 Å². The highest BCUT2D eigenvalue weighted by atomic mass is 35.5. The van der Waals surface area contributed by atoms with Gasteiger partial charge in [-0.05, 0) is 24.1 Å². The third kappa shape index (κ3) is 4.90. The van der Waals surface area contributed by atoms with Crippen LogP contribution in [0.4, 0.5) is 0 Å². The van der Waals surface area contributed by atoms with Gasteiger partial charge in [-0.1, -0.05) is 49.9 Å². The summed E-state index contributed by atoms with van der Waals surface area (Å²) in [6.07, 6.45) is 0.875. The first-order valence-corrected chi connectivity index (χ1v) is 8.67. The van der Waals surface area contributed by atoms with E-state index in [1.54, 1.807) is 0 Å². The smallest absolute Gasteiger partial charge is 0.240 e. The lowest BCUT2D eigenvalue weighted by Crippen LogP contribution is -2.36. The van der Waals surface area contributed by atoms with Crippen molar-refractivity contribution in [3.63, 3.8) is 0 Å². The summed E-state index contributed by atoms with van der Waals surface area (Å²) in [4.78, 5) is -0.00764. The molecule has 1 rings (SSSR count). The van der Waals surface area contributed by atoms with Crippen molar-refractivity contribution >= 4 is 33.2 Å². The van der Waals surface area contributed by atoms with Crippen LogP contribution in [0.1, 0.15) is 26.7 Å². The normalized spacial score (nSPS) is 13.7. The zero-order valence-electron chi connectivity index (χ0n) is 11.4. The van der Waals surface area contributed by atoms with Gasteiger partial charge in [-0.25, -0.2) is 13.1 Å². The zero-order valence-corrected chi connectivity index (χ0v) is 13.8. The number of aliphatic hydroxyl groups excluding tert-OH is 1. The summed E-state index contributed by atoms with van der Waals surface area (Å²) < 4.78 is 26.6. The van der Waals surface area contributed by atoms with Gasteiger partial charge < -0.3 is 5.11 Å². The van der Waals surface area contributed by atoms with Crippen molar-refractivity contribution in [3.8, 4) is 0 Å². The van der Waals surface area contributed by atoms with E-state index in [0.29, 0.717) is 0 Å². The lowest BCUT2D eigenvalue weighted by Gasteiger charge is -2.20. The maximum atomic E-state index is 12.1. The summed E-state index contributed by atoms with van der Waals surface area (Å²) >= 11 is 11.6. The lowest BCUT2D eigenvalue weighted by atomic mass is 9.97. The van der Waals surface area contributed by atoms with Gasteiger partial charge in [0.25, 0.3) is 0 Å². The first-order valence-electron chi connectivity index (χ1n) is 6.44. The van der Waals surface area contributed by atoms with Crippen LogP contribution < -0.4 is 4.72 Å². The van der Waals surface area contributed by atoms with E-state index in [9.17, 15) is 13.5 Å². The van der Waals surface area contributed by atoms with Crippen LogP contribution in [0.25, 0.3) is 0 Å². The maximum Gasteiger partial charge on any atom is 0.240 e. The van der Waals surface area contributed by atoms with Crippen molar-refractivity contribution in [1.82, 2.24) is 4.72 Å². The van der Waals surface area contributed by atoms with Crippen LogP contribution in [0.15, 0.2) is 23.1 Å². The molecule has 0 saturated heterocycles. The van der Waals surface area contributed by atoms with Crippen LogP contribution in [0, 0.1) is 5.92 Å². The van der Waals surface area contributed by atoms with Gasteiger partial charge in [0.2, 0.25) is 10.0 Å². The van der Waals surface area contributed by atoms with E-state index >= 15 is 0 Å².